The summed E-state index contributed by atoms with van der Waals surface area (Å²) in [6, 6.07) is 0. The number of rotatable bonds is 4. The lowest BCUT2D eigenvalue weighted by Crippen LogP contribution is -2.04. The molecule has 0 saturated carbocycles. The quantitative estimate of drug-likeness (QED) is 0.739. The van der Waals surface area contributed by atoms with E-state index in [1.54, 1.807) is 6.20 Å². The molecule has 0 spiro atoms. The molecule has 0 aliphatic rings. The van der Waals surface area contributed by atoms with Crippen LogP contribution in [-0.2, 0) is 13.2 Å². The van der Waals surface area contributed by atoms with Gasteiger partial charge in [0.25, 0.3) is 0 Å². The topological polar surface area (TPSA) is 38.0 Å². The summed E-state index contributed by atoms with van der Waals surface area (Å²) in [6.07, 6.45) is 4.05. The minimum atomic E-state index is 0.0879. The molecule has 0 aliphatic carbocycles. The lowest BCUT2D eigenvalue weighted by Gasteiger charge is -2.06. The molecule has 0 atom stereocenters. The van der Waals surface area contributed by atoms with Gasteiger partial charge in [-0.3, -0.25) is 0 Å². The Balaban J connectivity index is 2.72. The Labute approximate surface area is 73.1 Å². The third kappa shape index (κ3) is 1.85. The van der Waals surface area contributed by atoms with E-state index in [1.165, 1.54) is 6.42 Å². The maximum Gasteiger partial charge on any atom is 0.105 e. The van der Waals surface area contributed by atoms with Crippen LogP contribution in [0.25, 0.3) is 0 Å². The van der Waals surface area contributed by atoms with Crippen LogP contribution in [0.5, 0.6) is 0 Å². The molecule has 0 aromatic carbocycles. The fourth-order valence-corrected chi connectivity index (χ4v) is 1.26. The number of unbranched alkanes of at least 4 members (excludes halogenated alkanes) is 1. The summed E-state index contributed by atoms with van der Waals surface area (Å²) < 4.78 is 2.07. The first-order chi connectivity index (χ1) is 5.79. The van der Waals surface area contributed by atoms with E-state index >= 15 is 0 Å². The van der Waals surface area contributed by atoms with Crippen LogP contribution in [0.15, 0.2) is 6.20 Å². The first kappa shape index (κ1) is 9.26. The highest BCUT2D eigenvalue weighted by molar-refractivity contribution is 5.02. The van der Waals surface area contributed by atoms with Gasteiger partial charge < -0.3 is 9.67 Å². The molecular weight excluding hydrogens is 152 g/mol. The summed E-state index contributed by atoms with van der Waals surface area (Å²) in [5.41, 5.74) is 0.918. The summed E-state index contributed by atoms with van der Waals surface area (Å²) in [7, 11) is 0. The number of aliphatic hydroxyl groups excluding tert-OH is 1. The molecule has 3 heteroatoms. The highest BCUT2D eigenvalue weighted by Gasteiger charge is 2.03. The summed E-state index contributed by atoms with van der Waals surface area (Å²) in [5, 5.41) is 8.97. The monoisotopic (exact) mass is 168 g/mol. The largest absolute Gasteiger partial charge is 0.390 e. The van der Waals surface area contributed by atoms with Crippen molar-refractivity contribution in [1.82, 2.24) is 9.55 Å². The number of hydrogen-bond acceptors (Lipinski definition) is 2. The van der Waals surface area contributed by atoms with E-state index in [2.05, 4.69) is 16.5 Å². The third-order valence-corrected chi connectivity index (χ3v) is 2.04. The molecule has 1 N–H and O–H groups in total. The molecule has 68 valence electrons. The van der Waals surface area contributed by atoms with Crippen LogP contribution in [0.1, 0.15) is 31.3 Å². The first-order valence-electron chi connectivity index (χ1n) is 4.41. The smallest absolute Gasteiger partial charge is 0.105 e. The zero-order chi connectivity index (χ0) is 8.97. The minimum Gasteiger partial charge on any atom is -0.390 e. The van der Waals surface area contributed by atoms with Crippen molar-refractivity contribution in [2.75, 3.05) is 0 Å². The average molecular weight is 168 g/mol. The second kappa shape index (κ2) is 4.26. The zero-order valence-electron chi connectivity index (χ0n) is 7.75. The molecule has 12 heavy (non-hydrogen) atoms. The molecule has 1 aromatic rings. The Hall–Kier alpha value is -0.830. The fraction of sp³-hybridized carbons (Fsp3) is 0.667. The number of aryl methyl sites for hydroxylation is 1. The lowest BCUT2D eigenvalue weighted by molar-refractivity contribution is 0.269. The Morgan fingerprint density at radius 2 is 2.33 bits per heavy atom. The number of aromatic nitrogens is 2. The Morgan fingerprint density at radius 1 is 1.58 bits per heavy atom. The van der Waals surface area contributed by atoms with Crippen LogP contribution in [0.4, 0.5) is 0 Å². The van der Waals surface area contributed by atoms with Crippen molar-refractivity contribution in [2.24, 2.45) is 0 Å². The summed E-state index contributed by atoms with van der Waals surface area (Å²) in [5.74, 6) is 0.993. The van der Waals surface area contributed by atoms with Gasteiger partial charge in [0, 0.05) is 6.54 Å². The molecule has 0 fully saturated rings. The van der Waals surface area contributed by atoms with E-state index in [-0.39, 0.29) is 6.61 Å². The van der Waals surface area contributed by atoms with Crippen molar-refractivity contribution in [3.63, 3.8) is 0 Å². The second-order valence-electron chi connectivity index (χ2n) is 2.96. The molecule has 0 amide bonds. The van der Waals surface area contributed by atoms with Crippen molar-refractivity contribution < 1.29 is 5.11 Å². The van der Waals surface area contributed by atoms with Crippen LogP contribution in [0.2, 0.25) is 0 Å². The van der Waals surface area contributed by atoms with E-state index in [0.717, 1.165) is 24.5 Å². The highest BCUT2D eigenvalue weighted by Crippen LogP contribution is 2.06. The molecule has 3 nitrogen and oxygen atoms in total. The summed E-state index contributed by atoms with van der Waals surface area (Å²) >= 11 is 0. The molecule has 0 radical (unpaired) electrons. The van der Waals surface area contributed by atoms with Crippen LogP contribution in [0, 0.1) is 6.92 Å². The van der Waals surface area contributed by atoms with Gasteiger partial charge in [0.15, 0.2) is 0 Å². The number of nitrogens with zero attached hydrogens (tertiary/aromatic N) is 2. The van der Waals surface area contributed by atoms with Crippen LogP contribution < -0.4 is 0 Å². The molecule has 1 heterocycles. The van der Waals surface area contributed by atoms with E-state index in [9.17, 15) is 0 Å². The highest BCUT2D eigenvalue weighted by atomic mass is 16.3. The summed E-state index contributed by atoms with van der Waals surface area (Å²) in [4.78, 5) is 4.14. The Kier molecular flexibility index (Phi) is 3.29. The maximum atomic E-state index is 8.97. The van der Waals surface area contributed by atoms with E-state index in [4.69, 9.17) is 5.11 Å². The zero-order valence-corrected chi connectivity index (χ0v) is 7.75. The Bertz CT molecular complexity index is 243. The van der Waals surface area contributed by atoms with E-state index in [1.807, 2.05) is 6.92 Å². The van der Waals surface area contributed by atoms with Crippen LogP contribution in [0.3, 0.4) is 0 Å². The maximum absolute atomic E-state index is 8.97. The number of imidazole rings is 1. The van der Waals surface area contributed by atoms with Crippen molar-refractivity contribution in [3.8, 4) is 0 Å². The molecule has 0 unspecified atom stereocenters. The predicted molar refractivity (Wildman–Crippen MR) is 47.8 cm³/mol. The van der Waals surface area contributed by atoms with Gasteiger partial charge in [0.05, 0.1) is 18.5 Å². The Morgan fingerprint density at radius 3 is 2.92 bits per heavy atom. The molecule has 0 bridgehead atoms. The SMILES string of the molecule is CCCCn1c(CO)cnc1C. The van der Waals surface area contributed by atoms with Gasteiger partial charge in [-0.2, -0.15) is 0 Å². The number of hydrogen-bond donors (Lipinski definition) is 1. The van der Waals surface area contributed by atoms with Gasteiger partial charge >= 0.3 is 0 Å². The fourth-order valence-electron chi connectivity index (χ4n) is 1.26. The standard InChI is InChI=1S/C9H16N2O/c1-3-4-5-11-8(2)10-6-9(11)7-12/h6,12H,3-5,7H2,1-2H3. The first-order valence-corrected chi connectivity index (χ1v) is 4.41. The van der Waals surface area contributed by atoms with E-state index < -0.39 is 0 Å². The molecule has 1 aromatic heterocycles. The van der Waals surface area contributed by atoms with Crippen molar-refractivity contribution in [1.29, 1.82) is 0 Å². The second-order valence-corrected chi connectivity index (χ2v) is 2.96. The predicted octanol–water partition coefficient (Wildman–Crippen LogP) is 1.48. The van der Waals surface area contributed by atoms with Crippen LogP contribution in [-0.4, -0.2) is 14.7 Å². The van der Waals surface area contributed by atoms with Crippen molar-refractivity contribution >= 4 is 0 Å². The van der Waals surface area contributed by atoms with Gasteiger partial charge in [-0.25, -0.2) is 4.98 Å². The minimum absolute atomic E-state index is 0.0879. The third-order valence-electron chi connectivity index (χ3n) is 2.04. The summed E-state index contributed by atoms with van der Waals surface area (Å²) in [6.45, 7) is 5.18. The van der Waals surface area contributed by atoms with E-state index in [0.29, 0.717) is 0 Å². The van der Waals surface area contributed by atoms with Crippen LogP contribution >= 0.6 is 0 Å². The molecule has 1 rings (SSSR count). The van der Waals surface area contributed by atoms with Gasteiger partial charge in [0.2, 0.25) is 0 Å². The van der Waals surface area contributed by atoms with Gasteiger partial charge in [-0.15, -0.1) is 0 Å². The van der Waals surface area contributed by atoms with Crippen molar-refractivity contribution in [2.45, 2.75) is 39.8 Å². The van der Waals surface area contributed by atoms with Gasteiger partial charge in [0.1, 0.15) is 5.82 Å². The van der Waals surface area contributed by atoms with Crippen molar-refractivity contribution in [3.05, 3.63) is 17.7 Å². The van der Waals surface area contributed by atoms with Gasteiger partial charge in [-0.05, 0) is 13.3 Å². The molecule has 0 aliphatic heterocycles. The van der Waals surface area contributed by atoms with Gasteiger partial charge in [-0.1, -0.05) is 13.3 Å². The molecular formula is C9H16N2O. The lowest BCUT2D eigenvalue weighted by atomic mass is 10.3. The normalized spacial score (nSPS) is 10.6. The molecule has 0 saturated heterocycles. The number of aliphatic hydroxyl groups is 1. The average Bonchev–Trinajstić information content (AvgIpc) is 2.43.